The fourth-order valence-corrected chi connectivity index (χ4v) is 10.7. The van der Waals surface area contributed by atoms with Gasteiger partial charge in [-0.3, -0.25) is 38.4 Å². The molecule has 8 amide bonds. The number of ether oxygens (including phenoxy) is 1. The van der Waals surface area contributed by atoms with Crippen LogP contribution in [0, 0.1) is 5.92 Å². The average Bonchev–Trinajstić information content (AvgIpc) is 2.07. The molecule has 3 aliphatic rings. The zero-order valence-corrected chi connectivity index (χ0v) is 51.8. The van der Waals surface area contributed by atoms with Gasteiger partial charge >= 0.3 is 29.6 Å². The minimum Gasteiger partial charge on any atom is -0.716 e. The molecule has 3 fully saturated rings. The molecule has 7 rings (SSSR count). The molecule has 0 spiro atoms. The van der Waals surface area contributed by atoms with Gasteiger partial charge in [-0.15, -0.1) is 0 Å². The summed E-state index contributed by atoms with van der Waals surface area (Å²) >= 11 is 0. The van der Waals surface area contributed by atoms with Crippen molar-refractivity contribution in [3.8, 4) is 39.8 Å². The Labute approximate surface area is 536 Å². The number of primary amides is 1. The fraction of sp³-hybridized carbons (Fsp3) is 0.482. The molecule has 16 N–H and O–H groups in total. The molecule has 34 heteroatoms. The Bertz CT molecular complexity index is 3340. The zero-order valence-electron chi connectivity index (χ0n) is 49.0. The molecule has 32 nitrogen and oxygen atoms in total. The molecule has 3 saturated heterocycles. The number of amides is 8. The second-order valence-corrected chi connectivity index (χ2v) is 22.9. The smallest absolute Gasteiger partial charge is 0.716 e. The molecule has 3 aliphatic heterocycles. The molecule has 0 aliphatic carbocycles. The SMILES string of the molecule is CCCCCOc1ccc(-c2cc(-c3ccc(C(=O)N[C@H]4C[C@@H](O)[C@@H](O)NC(=O)C[C@@H](O)[C@@H](C(=O)N5C[C@H](C)[C@H](O)[C@H]5C(N)=O)NC(=O)[C@H]([C@H](O)[C@@H](O)c5ccc(O)c(OS(=O)(=O)[O-])c5)NC(=O)[C@@H]5C[C@@H](O)CN5C(=O)[C@H]([C@@H](C)O)NC4=O)cc3)no2)cc1.[Na+]. The van der Waals surface area contributed by atoms with Gasteiger partial charge in [0.1, 0.15) is 66.0 Å². The fourth-order valence-electron chi connectivity index (χ4n) is 10.3. The number of nitrogens with two attached hydrogens (primary N) is 1. The minimum atomic E-state index is -5.61. The predicted molar refractivity (Wildman–Crippen MR) is 302 cm³/mol. The van der Waals surface area contributed by atoms with Gasteiger partial charge in [0.15, 0.2) is 23.5 Å². The number of phenols is 1. The molecule has 3 aromatic carbocycles. The summed E-state index contributed by atoms with van der Waals surface area (Å²) < 4.78 is 49.9. The molecule has 4 aromatic rings. The van der Waals surface area contributed by atoms with Crippen molar-refractivity contribution in [1.82, 2.24) is 41.5 Å². The number of rotatable bonds is 17. The van der Waals surface area contributed by atoms with Crippen LogP contribution in [-0.2, 0) is 44.0 Å². The molecule has 0 unspecified atom stereocenters. The summed E-state index contributed by atoms with van der Waals surface area (Å²) in [6.45, 7) is 3.87. The van der Waals surface area contributed by atoms with Gasteiger partial charge in [-0.1, -0.05) is 50.0 Å². The minimum absolute atomic E-state index is 0. The van der Waals surface area contributed by atoms with Crippen LogP contribution in [-0.4, -0.2) is 220 Å². The van der Waals surface area contributed by atoms with Gasteiger partial charge in [0.25, 0.3) is 16.3 Å². The van der Waals surface area contributed by atoms with Crippen LogP contribution in [0.5, 0.6) is 17.2 Å². The first-order valence-electron chi connectivity index (χ1n) is 28.1. The number of fused-ring (bicyclic) bond motifs is 1. The normalized spacial score (nSPS) is 26.7. The number of hydrogen-bond donors (Lipinski definition) is 15. The van der Waals surface area contributed by atoms with E-state index in [0.29, 0.717) is 56.9 Å². The molecular formula is C56H70N9NaO23S. The molecule has 15 atom stereocenters. The number of hydrogen-bond acceptors (Lipinski definition) is 24. The maximum absolute atomic E-state index is 14.6. The predicted octanol–water partition coefficient (Wildman–Crippen LogP) is -7.24. The van der Waals surface area contributed by atoms with Crippen molar-refractivity contribution in [3.05, 3.63) is 83.9 Å². The van der Waals surface area contributed by atoms with Crippen LogP contribution in [0.2, 0.25) is 0 Å². The number of likely N-dealkylation sites (tertiary alicyclic amines) is 1. The van der Waals surface area contributed by atoms with Crippen molar-refractivity contribution in [2.45, 2.75) is 145 Å². The van der Waals surface area contributed by atoms with Crippen LogP contribution in [0.1, 0.15) is 81.3 Å². The largest absolute Gasteiger partial charge is 1.00 e. The first-order valence-corrected chi connectivity index (χ1v) is 29.4. The molecule has 0 saturated carbocycles. The number of benzene rings is 3. The Morgan fingerprint density at radius 2 is 1.49 bits per heavy atom. The number of nitrogens with one attached hydrogen (secondary N) is 5. The van der Waals surface area contributed by atoms with E-state index >= 15 is 0 Å². The summed E-state index contributed by atoms with van der Waals surface area (Å²) in [5, 5.41) is 116. The van der Waals surface area contributed by atoms with Crippen LogP contribution in [0.3, 0.4) is 0 Å². The van der Waals surface area contributed by atoms with Crippen LogP contribution in [0.25, 0.3) is 22.6 Å². The number of aliphatic hydroxyl groups is 8. The maximum atomic E-state index is 14.6. The van der Waals surface area contributed by atoms with Gasteiger partial charge in [-0.25, -0.2) is 8.42 Å². The number of aromatic hydroxyl groups is 1. The van der Waals surface area contributed by atoms with E-state index in [2.05, 4.69) is 32.2 Å². The number of aromatic nitrogens is 1. The van der Waals surface area contributed by atoms with Gasteiger partial charge in [-0.05, 0) is 67.4 Å². The van der Waals surface area contributed by atoms with Crippen molar-refractivity contribution in [1.29, 1.82) is 0 Å². The Morgan fingerprint density at radius 3 is 2.12 bits per heavy atom. The Hall–Kier alpha value is -7.38. The first-order chi connectivity index (χ1) is 42.0. The van der Waals surface area contributed by atoms with Crippen LogP contribution >= 0.6 is 0 Å². The average molecular weight is 1290 g/mol. The van der Waals surface area contributed by atoms with Gasteiger partial charge in [-0.2, -0.15) is 0 Å². The molecule has 4 heterocycles. The second kappa shape index (κ2) is 31.1. The molecule has 0 bridgehead atoms. The third-order valence-electron chi connectivity index (χ3n) is 15.2. The summed E-state index contributed by atoms with van der Waals surface area (Å²) in [6.07, 6.45) is -17.4. The number of phenolic OH excluding ortho intramolecular Hbond substituents is 1. The van der Waals surface area contributed by atoms with E-state index in [4.69, 9.17) is 15.0 Å². The number of aliphatic hydroxyl groups excluding tert-OH is 8. The van der Waals surface area contributed by atoms with E-state index in [1.807, 2.05) is 10.6 Å². The van der Waals surface area contributed by atoms with Gasteiger partial charge in [0.2, 0.25) is 41.4 Å². The number of unbranched alkanes of at least 4 members (excludes halogenated alkanes) is 2. The Morgan fingerprint density at radius 1 is 0.833 bits per heavy atom. The molecule has 1 aromatic heterocycles. The second-order valence-electron chi connectivity index (χ2n) is 21.9. The summed E-state index contributed by atoms with van der Waals surface area (Å²) in [4.78, 5) is 114. The van der Waals surface area contributed by atoms with Crippen molar-refractivity contribution in [3.63, 3.8) is 0 Å². The van der Waals surface area contributed by atoms with Crippen LogP contribution in [0.15, 0.2) is 77.3 Å². The summed E-state index contributed by atoms with van der Waals surface area (Å²) in [7, 11) is -5.61. The molecule has 484 valence electrons. The van der Waals surface area contributed by atoms with Gasteiger partial charge < -0.3 is 106 Å². The monoisotopic (exact) mass is 1290 g/mol. The van der Waals surface area contributed by atoms with E-state index in [9.17, 15) is 97.3 Å². The van der Waals surface area contributed by atoms with E-state index in [1.165, 1.54) is 31.2 Å². The summed E-state index contributed by atoms with van der Waals surface area (Å²) in [5.74, 6) is -12.8. The number of nitrogens with zero attached hydrogens (tertiary/aromatic N) is 3. The topological polar surface area (TPSA) is 513 Å². The van der Waals surface area contributed by atoms with Crippen molar-refractivity contribution < 1.29 is 140 Å². The van der Waals surface area contributed by atoms with Gasteiger partial charge in [0, 0.05) is 54.6 Å². The number of carbonyl (C=O) groups excluding carboxylic acids is 8. The van der Waals surface area contributed by atoms with Crippen LogP contribution in [0.4, 0.5) is 0 Å². The maximum Gasteiger partial charge on any atom is 1.00 e. The standard InChI is InChI=1S/C56H71N9O23S.Na/c1-4-5-6-17-86-32-14-11-28(12-15-32)39-21-33(63-87-39)27-7-9-29(10-8-27)50(76)58-34-20-38(70)53(79)59-41(71)22-37(69)43(56(82)65-23-25(2)46(72)45(65)49(57)75)61-54(80)44(48(74)47(73)30-13-16-36(68)40(18-30)88-89(83,84)85)62-52(78)35-19-31(67)24-64(35)55(81)42(26(3)66)60-51(34)77;/h7-16,18,21,25-26,31,34-35,37-38,42-48,53,66-70,72-74,79H,4-6,17,19-20,22-24H2,1-3H3,(H2,57,75)(H,58,76)(H,59,71)(H,60,77)(H,61,80)(H,62,78)(H,83,84,85);/q;+1/p-1/t25-,26+,31+,34-,35-,37+,38+,42-,43-,44-,45-,46-,47-,48-,53+;/m0./s1. The van der Waals surface area contributed by atoms with Crippen molar-refractivity contribution in [2.75, 3.05) is 19.7 Å². The van der Waals surface area contributed by atoms with E-state index in [0.717, 1.165) is 32.3 Å². The quantitative estimate of drug-likeness (QED) is 0.0202. The van der Waals surface area contributed by atoms with Gasteiger partial charge in [0.05, 0.1) is 37.4 Å². The zero-order chi connectivity index (χ0) is 65.3. The molecule has 0 radical (unpaired) electrons. The summed E-state index contributed by atoms with van der Waals surface area (Å²) in [5.41, 5.74) is 6.34. The van der Waals surface area contributed by atoms with Crippen LogP contribution < -0.4 is 70.8 Å². The Kier molecular flexibility index (Phi) is 24.8. The van der Waals surface area contributed by atoms with E-state index < -0.39 is 198 Å². The Balaban J connectivity index is 0.0000129. The molecular weight excluding hydrogens is 1220 g/mol. The van der Waals surface area contributed by atoms with E-state index in [1.54, 1.807) is 30.3 Å². The first kappa shape index (κ1) is 71.7. The van der Waals surface area contributed by atoms with Crippen molar-refractivity contribution >= 4 is 57.7 Å². The third-order valence-corrected chi connectivity index (χ3v) is 15.6. The summed E-state index contributed by atoms with van der Waals surface area (Å²) in [6, 6.07) is 3.62. The number of carbonyl (C=O) groups is 8. The third kappa shape index (κ3) is 17.8. The van der Waals surface area contributed by atoms with Crippen molar-refractivity contribution in [2.24, 2.45) is 11.7 Å². The van der Waals surface area contributed by atoms with E-state index in [-0.39, 0.29) is 35.1 Å². The molecule has 90 heavy (non-hydrogen) atoms.